The molecule has 0 aliphatic carbocycles. The number of nitrogens with zero attached hydrogens (tertiary/aromatic N) is 3. The maximum absolute atomic E-state index is 4.61. The van der Waals surface area contributed by atoms with Crippen molar-refractivity contribution in [2.45, 2.75) is 25.8 Å². The van der Waals surface area contributed by atoms with Gasteiger partial charge in [0.05, 0.1) is 0 Å². The first kappa shape index (κ1) is 15.1. The van der Waals surface area contributed by atoms with Gasteiger partial charge in [-0.05, 0) is 37.9 Å². The lowest BCUT2D eigenvalue weighted by molar-refractivity contribution is 0.482. The number of fused-ring (bicyclic) bond motifs is 2. The summed E-state index contributed by atoms with van der Waals surface area (Å²) >= 11 is 0. The Morgan fingerprint density at radius 3 is 3.12 bits per heavy atom. The fourth-order valence-corrected chi connectivity index (χ4v) is 3.53. The van der Waals surface area contributed by atoms with E-state index in [1.165, 1.54) is 22.0 Å². The Hall–Kier alpha value is -2.40. The molecule has 0 spiro atoms. The summed E-state index contributed by atoms with van der Waals surface area (Å²) in [5.41, 5.74) is 3.79. The van der Waals surface area contributed by atoms with Crippen molar-refractivity contribution in [2.24, 2.45) is 0 Å². The van der Waals surface area contributed by atoms with Crippen LogP contribution in [0.25, 0.3) is 10.9 Å². The summed E-state index contributed by atoms with van der Waals surface area (Å²) in [6.45, 7) is 3.92. The minimum atomic E-state index is 0.335. The van der Waals surface area contributed by atoms with Crippen LogP contribution in [0.3, 0.4) is 0 Å². The van der Waals surface area contributed by atoms with Crippen LogP contribution in [0.1, 0.15) is 29.4 Å². The lowest BCUT2D eigenvalue weighted by atomic mass is 10.0. The molecule has 1 aliphatic rings. The Morgan fingerprint density at radius 1 is 1.33 bits per heavy atom. The molecule has 1 aromatic carbocycles. The Kier molecular flexibility index (Phi) is 3.94. The van der Waals surface area contributed by atoms with Gasteiger partial charge in [-0.15, -0.1) is 0 Å². The summed E-state index contributed by atoms with van der Waals surface area (Å²) in [6, 6.07) is 8.81. The molecular formula is C19H23N5. The van der Waals surface area contributed by atoms with Gasteiger partial charge in [0.25, 0.3) is 0 Å². The molecule has 0 saturated heterocycles. The zero-order valence-corrected chi connectivity index (χ0v) is 14.2. The first-order chi connectivity index (χ1) is 11.7. The van der Waals surface area contributed by atoms with E-state index in [-0.39, 0.29) is 0 Å². The minimum Gasteiger partial charge on any atom is -0.361 e. The maximum atomic E-state index is 4.61. The van der Waals surface area contributed by atoms with Gasteiger partial charge in [0, 0.05) is 48.5 Å². The van der Waals surface area contributed by atoms with E-state index in [2.05, 4.69) is 62.7 Å². The van der Waals surface area contributed by atoms with Crippen LogP contribution >= 0.6 is 0 Å². The van der Waals surface area contributed by atoms with Crippen LogP contribution < -0.4 is 10.2 Å². The number of hydrogen-bond donors (Lipinski definition) is 2. The Bertz CT molecular complexity index is 854. The first-order valence-electron chi connectivity index (χ1n) is 8.55. The number of anilines is 1. The van der Waals surface area contributed by atoms with Crippen LogP contribution in [-0.2, 0) is 6.42 Å². The van der Waals surface area contributed by atoms with E-state index in [1.807, 2.05) is 13.1 Å². The molecule has 24 heavy (non-hydrogen) atoms. The zero-order valence-electron chi connectivity index (χ0n) is 14.2. The zero-order chi connectivity index (χ0) is 16.5. The highest BCUT2D eigenvalue weighted by Gasteiger charge is 2.24. The molecule has 0 radical (unpaired) electrons. The van der Waals surface area contributed by atoms with Crippen molar-refractivity contribution in [1.82, 2.24) is 20.3 Å². The van der Waals surface area contributed by atoms with Crippen molar-refractivity contribution in [3.05, 3.63) is 53.6 Å². The number of aromatic amines is 1. The van der Waals surface area contributed by atoms with E-state index in [9.17, 15) is 0 Å². The molecule has 1 aliphatic heterocycles. The van der Waals surface area contributed by atoms with Crippen LogP contribution in [-0.4, -0.2) is 35.1 Å². The largest absolute Gasteiger partial charge is 0.361 e. The number of nitrogens with one attached hydrogen (secondary N) is 2. The van der Waals surface area contributed by atoms with E-state index in [1.54, 1.807) is 0 Å². The molecule has 5 nitrogen and oxygen atoms in total. The number of rotatable bonds is 4. The monoisotopic (exact) mass is 321 g/mol. The normalized spacial score (nSPS) is 17.2. The van der Waals surface area contributed by atoms with Crippen LogP contribution in [0.4, 0.5) is 5.82 Å². The first-order valence-corrected chi connectivity index (χ1v) is 8.55. The molecule has 0 fully saturated rings. The predicted octanol–water partition coefficient (Wildman–Crippen LogP) is 2.98. The van der Waals surface area contributed by atoms with Crippen molar-refractivity contribution in [3.63, 3.8) is 0 Å². The van der Waals surface area contributed by atoms with Gasteiger partial charge in [-0.3, -0.25) is 0 Å². The van der Waals surface area contributed by atoms with E-state index < -0.39 is 0 Å². The highest BCUT2D eigenvalue weighted by Crippen LogP contribution is 2.30. The van der Waals surface area contributed by atoms with Gasteiger partial charge in [-0.1, -0.05) is 18.2 Å². The number of para-hydroxylation sites is 1. The van der Waals surface area contributed by atoms with Crippen molar-refractivity contribution in [1.29, 1.82) is 0 Å². The molecule has 2 N–H and O–H groups in total. The van der Waals surface area contributed by atoms with Gasteiger partial charge in [0.15, 0.2) is 0 Å². The molecule has 4 rings (SSSR count). The highest BCUT2D eigenvalue weighted by atomic mass is 15.2. The van der Waals surface area contributed by atoms with Gasteiger partial charge in [-0.25, -0.2) is 9.97 Å². The molecule has 124 valence electrons. The lowest BCUT2D eigenvalue weighted by Crippen LogP contribution is -2.35. The molecule has 1 unspecified atom stereocenters. The number of H-pyrrole nitrogens is 1. The molecular weight excluding hydrogens is 298 g/mol. The molecule has 1 atom stereocenters. The smallest absolute Gasteiger partial charge is 0.136 e. The number of aryl methyl sites for hydroxylation is 1. The molecule has 3 heterocycles. The van der Waals surface area contributed by atoms with Crippen LogP contribution in [0, 0.1) is 6.92 Å². The fraction of sp³-hybridized carbons (Fsp3) is 0.368. The maximum Gasteiger partial charge on any atom is 0.136 e. The molecule has 3 aromatic rings. The predicted molar refractivity (Wildman–Crippen MR) is 97.4 cm³/mol. The Morgan fingerprint density at radius 2 is 2.21 bits per heavy atom. The topological polar surface area (TPSA) is 56.8 Å². The fourth-order valence-electron chi connectivity index (χ4n) is 3.53. The van der Waals surface area contributed by atoms with Gasteiger partial charge < -0.3 is 15.2 Å². The summed E-state index contributed by atoms with van der Waals surface area (Å²) in [5, 5.41) is 5.02. The minimum absolute atomic E-state index is 0.335. The third-order valence-electron chi connectivity index (χ3n) is 4.87. The van der Waals surface area contributed by atoms with Crippen molar-refractivity contribution in [3.8, 4) is 0 Å². The van der Waals surface area contributed by atoms with Crippen molar-refractivity contribution < 1.29 is 0 Å². The number of benzene rings is 1. The van der Waals surface area contributed by atoms with E-state index in [4.69, 9.17) is 0 Å². The summed E-state index contributed by atoms with van der Waals surface area (Å²) in [7, 11) is 2.10. The Labute approximate surface area is 142 Å². The summed E-state index contributed by atoms with van der Waals surface area (Å²) < 4.78 is 0. The summed E-state index contributed by atoms with van der Waals surface area (Å²) in [6.07, 6.45) is 6.21. The second kappa shape index (κ2) is 6.24. The molecule has 0 saturated carbocycles. The third kappa shape index (κ3) is 2.76. The SMILES string of the molecule is Cc1ncc2c(n1)N(C)CCC2NCCc1c[nH]c2ccccc12. The van der Waals surface area contributed by atoms with Gasteiger partial charge in [0.1, 0.15) is 11.6 Å². The van der Waals surface area contributed by atoms with Crippen molar-refractivity contribution in [2.75, 3.05) is 25.0 Å². The van der Waals surface area contributed by atoms with Crippen LogP contribution in [0.5, 0.6) is 0 Å². The average Bonchev–Trinajstić information content (AvgIpc) is 3.01. The Balaban J connectivity index is 1.46. The standard InChI is InChI=1S/C19H23N5/c1-13-21-12-16-18(8-10-24(2)19(16)23-13)20-9-7-14-11-22-17-6-4-3-5-15(14)17/h3-6,11-12,18,20,22H,7-10H2,1-2H3. The molecule has 5 heteroatoms. The van der Waals surface area contributed by atoms with Gasteiger partial charge >= 0.3 is 0 Å². The van der Waals surface area contributed by atoms with Crippen molar-refractivity contribution >= 4 is 16.7 Å². The second-order valence-corrected chi connectivity index (χ2v) is 6.52. The highest BCUT2D eigenvalue weighted by molar-refractivity contribution is 5.83. The van der Waals surface area contributed by atoms with Crippen LogP contribution in [0.15, 0.2) is 36.7 Å². The number of aromatic nitrogens is 3. The van der Waals surface area contributed by atoms with E-state index in [0.717, 1.165) is 37.6 Å². The van der Waals surface area contributed by atoms with Gasteiger partial charge in [0.2, 0.25) is 0 Å². The lowest BCUT2D eigenvalue weighted by Gasteiger charge is -2.32. The van der Waals surface area contributed by atoms with Gasteiger partial charge in [-0.2, -0.15) is 0 Å². The molecule has 2 aromatic heterocycles. The molecule has 0 amide bonds. The second-order valence-electron chi connectivity index (χ2n) is 6.52. The summed E-state index contributed by atoms with van der Waals surface area (Å²) in [4.78, 5) is 14.6. The third-order valence-corrected chi connectivity index (χ3v) is 4.87. The van der Waals surface area contributed by atoms with E-state index in [0.29, 0.717) is 6.04 Å². The molecule has 0 bridgehead atoms. The summed E-state index contributed by atoms with van der Waals surface area (Å²) in [5.74, 6) is 1.90. The number of hydrogen-bond acceptors (Lipinski definition) is 4. The quantitative estimate of drug-likeness (QED) is 0.776. The van der Waals surface area contributed by atoms with E-state index >= 15 is 0 Å². The average molecular weight is 321 g/mol. The van der Waals surface area contributed by atoms with Crippen LogP contribution in [0.2, 0.25) is 0 Å².